The van der Waals surface area contributed by atoms with Crippen molar-refractivity contribution in [3.8, 4) is 0 Å². The monoisotopic (exact) mass is 290 g/mol. The summed E-state index contributed by atoms with van der Waals surface area (Å²) >= 11 is 0. The van der Waals surface area contributed by atoms with Gasteiger partial charge in [0.2, 0.25) is 5.95 Å². The summed E-state index contributed by atoms with van der Waals surface area (Å²) in [5, 5.41) is 0. The Bertz CT molecular complexity index is 502. The number of nitrogens with zero attached hydrogens (tertiary/aromatic N) is 4. The summed E-state index contributed by atoms with van der Waals surface area (Å²) < 4.78 is 13.0. The first kappa shape index (κ1) is 13.4. The van der Waals surface area contributed by atoms with Gasteiger partial charge in [0.15, 0.2) is 5.82 Å². The molecule has 0 unspecified atom stereocenters. The van der Waals surface area contributed by atoms with Gasteiger partial charge in [0.05, 0.1) is 12.4 Å². The van der Waals surface area contributed by atoms with Crippen molar-refractivity contribution in [2.75, 3.05) is 37.6 Å². The molecular formula is C16H23FN4. The minimum atomic E-state index is -0.359. The van der Waals surface area contributed by atoms with Crippen molar-refractivity contribution in [2.24, 2.45) is 11.3 Å². The highest BCUT2D eigenvalue weighted by Crippen LogP contribution is 2.41. The van der Waals surface area contributed by atoms with Crippen LogP contribution in [-0.4, -0.2) is 47.6 Å². The fourth-order valence-corrected chi connectivity index (χ4v) is 4.03. The first-order valence-corrected chi connectivity index (χ1v) is 8.17. The van der Waals surface area contributed by atoms with Gasteiger partial charge in [0, 0.05) is 31.6 Å². The van der Waals surface area contributed by atoms with Crippen LogP contribution in [0.5, 0.6) is 0 Å². The molecule has 0 amide bonds. The number of rotatable bonds is 3. The molecule has 1 spiro atoms. The van der Waals surface area contributed by atoms with Crippen LogP contribution >= 0.6 is 0 Å². The van der Waals surface area contributed by atoms with Crippen LogP contribution in [0.4, 0.5) is 10.3 Å². The topological polar surface area (TPSA) is 32.3 Å². The minimum absolute atomic E-state index is 0.359. The van der Waals surface area contributed by atoms with Crippen LogP contribution in [0.3, 0.4) is 0 Å². The Morgan fingerprint density at radius 3 is 2.71 bits per heavy atom. The van der Waals surface area contributed by atoms with E-state index in [2.05, 4.69) is 19.8 Å². The van der Waals surface area contributed by atoms with Crippen molar-refractivity contribution in [3.05, 3.63) is 18.2 Å². The first-order chi connectivity index (χ1) is 10.2. The molecule has 4 rings (SSSR count). The lowest BCUT2D eigenvalue weighted by molar-refractivity contribution is 0.215. The van der Waals surface area contributed by atoms with Gasteiger partial charge in [-0.05, 0) is 44.6 Å². The van der Waals surface area contributed by atoms with Gasteiger partial charge in [-0.25, -0.2) is 14.4 Å². The Morgan fingerprint density at radius 1 is 1.14 bits per heavy atom. The van der Waals surface area contributed by atoms with Crippen LogP contribution in [0.1, 0.15) is 32.1 Å². The first-order valence-electron chi connectivity index (χ1n) is 8.17. The van der Waals surface area contributed by atoms with Crippen LogP contribution in [0.25, 0.3) is 0 Å². The molecule has 1 aromatic rings. The highest BCUT2D eigenvalue weighted by Gasteiger charge is 2.42. The molecule has 2 aliphatic heterocycles. The number of anilines is 1. The molecule has 0 aromatic carbocycles. The number of halogens is 1. The second kappa shape index (κ2) is 5.20. The molecule has 0 bridgehead atoms. The SMILES string of the molecule is Fc1cnc(N2CCC[C@]3(CCN(CC4CC4)C3)C2)nc1. The summed E-state index contributed by atoms with van der Waals surface area (Å²) in [4.78, 5) is 13.2. The van der Waals surface area contributed by atoms with E-state index in [0.29, 0.717) is 11.4 Å². The summed E-state index contributed by atoms with van der Waals surface area (Å²) in [6.07, 6.45) is 9.20. The van der Waals surface area contributed by atoms with Gasteiger partial charge in [-0.1, -0.05) is 0 Å². The van der Waals surface area contributed by atoms with Gasteiger partial charge in [0.25, 0.3) is 0 Å². The molecule has 1 atom stereocenters. The summed E-state index contributed by atoms with van der Waals surface area (Å²) in [7, 11) is 0. The highest BCUT2D eigenvalue weighted by molar-refractivity contribution is 5.30. The third kappa shape index (κ3) is 2.89. The maximum Gasteiger partial charge on any atom is 0.225 e. The van der Waals surface area contributed by atoms with Crippen LogP contribution in [0, 0.1) is 17.2 Å². The second-order valence-corrected chi connectivity index (χ2v) is 7.15. The van der Waals surface area contributed by atoms with E-state index in [-0.39, 0.29) is 5.82 Å². The predicted octanol–water partition coefficient (Wildman–Crippen LogP) is 2.32. The molecule has 2 saturated heterocycles. The molecule has 3 aliphatic rings. The van der Waals surface area contributed by atoms with Crippen molar-refractivity contribution in [2.45, 2.75) is 32.1 Å². The van der Waals surface area contributed by atoms with Crippen molar-refractivity contribution >= 4 is 5.95 Å². The van der Waals surface area contributed by atoms with Gasteiger partial charge in [-0.15, -0.1) is 0 Å². The zero-order chi connectivity index (χ0) is 14.3. The smallest absolute Gasteiger partial charge is 0.225 e. The van der Waals surface area contributed by atoms with Gasteiger partial charge in [-0.2, -0.15) is 0 Å². The number of aromatic nitrogens is 2. The summed E-state index contributed by atoms with van der Waals surface area (Å²) in [6.45, 7) is 5.79. The predicted molar refractivity (Wildman–Crippen MR) is 79.7 cm³/mol. The quantitative estimate of drug-likeness (QED) is 0.855. The molecule has 114 valence electrons. The highest BCUT2D eigenvalue weighted by atomic mass is 19.1. The molecule has 3 heterocycles. The molecule has 21 heavy (non-hydrogen) atoms. The maximum atomic E-state index is 13.0. The third-order valence-corrected chi connectivity index (χ3v) is 5.28. The Hall–Kier alpha value is -1.23. The van der Waals surface area contributed by atoms with E-state index in [1.54, 1.807) is 0 Å². The third-order valence-electron chi connectivity index (χ3n) is 5.28. The fourth-order valence-electron chi connectivity index (χ4n) is 4.03. The van der Waals surface area contributed by atoms with E-state index < -0.39 is 0 Å². The molecular weight excluding hydrogens is 267 g/mol. The van der Waals surface area contributed by atoms with E-state index in [0.717, 1.165) is 19.0 Å². The van der Waals surface area contributed by atoms with E-state index in [9.17, 15) is 4.39 Å². The maximum absolute atomic E-state index is 13.0. The molecule has 0 N–H and O–H groups in total. The molecule has 5 heteroatoms. The zero-order valence-corrected chi connectivity index (χ0v) is 12.5. The van der Waals surface area contributed by atoms with Crippen LogP contribution in [-0.2, 0) is 0 Å². The molecule has 1 aliphatic carbocycles. The lowest BCUT2D eigenvalue weighted by atomic mass is 9.79. The Labute approximate surface area is 125 Å². The largest absolute Gasteiger partial charge is 0.340 e. The van der Waals surface area contributed by atoms with Crippen molar-refractivity contribution in [1.29, 1.82) is 0 Å². The van der Waals surface area contributed by atoms with Crippen molar-refractivity contribution in [3.63, 3.8) is 0 Å². The zero-order valence-electron chi connectivity index (χ0n) is 12.5. The van der Waals surface area contributed by atoms with E-state index in [1.807, 2.05) is 0 Å². The number of likely N-dealkylation sites (tertiary alicyclic amines) is 1. The lowest BCUT2D eigenvalue weighted by Gasteiger charge is -2.40. The summed E-state index contributed by atoms with van der Waals surface area (Å²) in [5.41, 5.74) is 0.408. The number of hydrogen-bond donors (Lipinski definition) is 0. The Kier molecular flexibility index (Phi) is 3.32. The summed E-state index contributed by atoms with van der Waals surface area (Å²) in [5.74, 6) is 1.30. The fraction of sp³-hybridized carbons (Fsp3) is 0.750. The van der Waals surface area contributed by atoms with Gasteiger partial charge in [0.1, 0.15) is 0 Å². The van der Waals surface area contributed by atoms with E-state index in [4.69, 9.17) is 0 Å². The van der Waals surface area contributed by atoms with Crippen molar-refractivity contribution < 1.29 is 4.39 Å². The molecule has 1 saturated carbocycles. The van der Waals surface area contributed by atoms with Gasteiger partial charge in [-0.3, -0.25) is 0 Å². The van der Waals surface area contributed by atoms with Crippen molar-refractivity contribution in [1.82, 2.24) is 14.9 Å². The Morgan fingerprint density at radius 2 is 1.95 bits per heavy atom. The minimum Gasteiger partial charge on any atom is -0.340 e. The van der Waals surface area contributed by atoms with Crippen LogP contribution in [0.15, 0.2) is 12.4 Å². The number of hydrogen-bond acceptors (Lipinski definition) is 4. The molecule has 1 aromatic heterocycles. The summed E-state index contributed by atoms with van der Waals surface area (Å²) in [6, 6.07) is 0. The van der Waals surface area contributed by atoms with E-state index >= 15 is 0 Å². The molecule has 0 radical (unpaired) electrons. The van der Waals surface area contributed by atoms with Crippen LogP contribution in [0.2, 0.25) is 0 Å². The van der Waals surface area contributed by atoms with Gasteiger partial charge < -0.3 is 9.80 Å². The van der Waals surface area contributed by atoms with Gasteiger partial charge >= 0.3 is 0 Å². The standard InChI is InChI=1S/C16H23FN4/c17-14-8-18-15(19-9-14)21-6-1-4-16(12-21)5-7-20(11-16)10-13-2-3-13/h8-9,13H,1-7,10-12H2/t16-/m1/s1. The average molecular weight is 290 g/mol. The van der Waals surface area contributed by atoms with E-state index in [1.165, 1.54) is 64.1 Å². The molecule has 4 nitrogen and oxygen atoms in total. The normalized spacial score (nSPS) is 30.2. The lowest BCUT2D eigenvalue weighted by Crippen LogP contribution is -2.45. The molecule has 3 fully saturated rings. The second-order valence-electron chi connectivity index (χ2n) is 7.15. The Balaban J connectivity index is 1.43. The average Bonchev–Trinajstić information content (AvgIpc) is 3.22. The number of piperidine rings is 1. The van der Waals surface area contributed by atoms with Crippen LogP contribution < -0.4 is 4.90 Å².